The van der Waals surface area contributed by atoms with Gasteiger partial charge in [0.2, 0.25) is 18.6 Å². The highest BCUT2D eigenvalue weighted by Crippen LogP contribution is 2.34. The maximum atomic E-state index is 11.9. The molecule has 0 spiro atoms. The number of hydrogen-bond acceptors (Lipinski definition) is 4. The lowest BCUT2D eigenvalue weighted by Gasteiger charge is -2.17. The molecule has 0 aromatic heterocycles. The van der Waals surface area contributed by atoms with Crippen LogP contribution in [0.1, 0.15) is 33.6 Å². The predicted octanol–water partition coefficient (Wildman–Crippen LogP) is 2.30. The van der Waals surface area contributed by atoms with Gasteiger partial charge in [0, 0.05) is 30.1 Å². The lowest BCUT2D eigenvalue weighted by molar-refractivity contribution is -0.128. The Morgan fingerprint density at radius 3 is 2.64 bits per heavy atom. The minimum atomic E-state index is -0.408. The molecule has 2 rings (SSSR count). The summed E-state index contributed by atoms with van der Waals surface area (Å²) >= 11 is 0. The smallest absolute Gasteiger partial charge is 0.231 e. The van der Waals surface area contributed by atoms with Crippen LogP contribution in [0, 0.1) is 5.41 Å². The summed E-state index contributed by atoms with van der Waals surface area (Å²) in [7, 11) is 0. The van der Waals surface area contributed by atoms with Gasteiger partial charge in [-0.25, -0.2) is 0 Å². The number of amides is 2. The highest BCUT2D eigenvalue weighted by Gasteiger charge is 2.20. The zero-order chi connectivity index (χ0) is 16.2. The summed E-state index contributed by atoms with van der Waals surface area (Å²) < 4.78 is 10.5. The average Bonchev–Trinajstić information content (AvgIpc) is 2.89. The van der Waals surface area contributed by atoms with Crippen molar-refractivity contribution in [1.29, 1.82) is 0 Å². The third-order valence-electron chi connectivity index (χ3n) is 3.20. The first-order valence-corrected chi connectivity index (χ1v) is 7.34. The number of anilines is 1. The molecule has 0 unspecified atom stereocenters. The Hall–Kier alpha value is -2.24. The monoisotopic (exact) mass is 306 g/mol. The van der Waals surface area contributed by atoms with Crippen LogP contribution in [0.25, 0.3) is 0 Å². The van der Waals surface area contributed by atoms with Crippen LogP contribution in [0.15, 0.2) is 18.2 Å². The van der Waals surface area contributed by atoms with E-state index in [0.717, 1.165) is 0 Å². The first kappa shape index (κ1) is 16.1. The summed E-state index contributed by atoms with van der Waals surface area (Å²) in [6.45, 7) is 6.27. The number of ether oxygens (including phenoxy) is 2. The van der Waals surface area contributed by atoms with Crippen LogP contribution in [0.3, 0.4) is 0 Å². The van der Waals surface area contributed by atoms with Crippen LogP contribution in [-0.4, -0.2) is 25.2 Å². The van der Waals surface area contributed by atoms with Gasteiger partial charge in [-0.3, -0.25) is 9.59 Å². The van der Waals surface area contributed by atoms with Gasteiger partial charge in [-0.2, -0.15) is 0 Å². The molecule has 1 heterocycles. The molecule has 6 nitrogen and oxygen atoms in total. The third kappa shape index (κ3) is 4.38. The summed E-state index contributed by atoms with van der Waals surface area (Å²) in [5.41, 5.74) is 0.266. The van der Waals surface area contributed by atoms with Gasteiger partial charge < -0.3 is 20.1 Å². The Bertz CT molecular complexity index is 564. The largest absolute Gasteiger partial charge is 0.454 e. The van der Waals surface area contributed by atoms with Gasteiger partial charge in [0.15, 0.2) is 11.5 Å². The number of fused-ring (bicyclic) bond motifs is 1. The van der Waals surface area contributed by atoms with E-state index in [1.165, 1.54) is 0 Å². The molecule has 1 aliphatic rings. The molecule has 0 saturated carbocycles. The number of nitrogens with one attached hydrogen (secondary N) is 2. The van der Waals surface area contributed by atoms with Crippen LogP contribution in [0.2, 0.25) is 0 Å². The second kappa shape index (κ2) is 6.68. The molecule has 6 heteroatoms. The number of benzene rings is 1. The molecule has 2 N–H and O–H groups in total. The molecule has 1 aliphatic heterocycles. The first-order valence-electron chi connectivity index (χ1n) is 7.34. The minimum absolute atomic E-state index is 0.0105. The van der Waals surface area contributed by atoms with E-state index in [0.29, 0.717) is 36.6 Å². The Labute approximate surface area is 130 Å². The highest BCUT2D eigenvalue weighted by atomic mass is 16.7. The van der Waals surface area contributed by atoms with Crippen molar-refractivity contribution in [2.45, 2.75) is 33.6 Å². The van der Waals surface area contributed by atoms with E-state index in [-0.39, 0.29) is 18.6 Å². The van der Waals surface area contributed by atoms with E-state index in [9.17, 15) is 9.59 Å². The Morgan fingerprint density at radius 2 is 1.91 bits per heavy atom. The lowest BCUT2D eigenvalue weighted by Crippen LogP contribution is -2.35. The molecule has 0 aliphatic carbocycles. The van der Waals surface area contributed by atoms with Crippen molar-refractivity contribution in [2.75, 3.05) is 18.7 Å². The summed E-state index contributed by atoms with van der Waals surface area (Å²) in [5.74, 6) is 1.21. The number of rotatable bonds is 5. The van der Waals surface area contributed by atoms with Gasteiger partial charge in [0.25, 0.3) is 0 Å². The molecule has 22 heavy (non-hydrogen) atoms. The fourth-order valence-corrected chi connectivity index (χ4v) is 1.91. The Morgan fingerprint density at radius 1 is 1.18 bits per heavy atom. The van der Waals surface area contributed by atoms with E-state index >= 15 is 0 Å². The number of carbonyl (C=O) groups excluding carboxylic acids is 2. The maximum Gasteiger partial charge on any atom is 0.231 e. The van der Waals surface area contributed by atoms with Crippen molar-refractivity contribution in [3.63, 3.8) is 0 Å². The van der Waals surface area contributed by atoms with Gasteiger partial charge in [-0.15, -0.1) is 0 Å². The topological polar surface area (TPSA) is 76.7 Å². The quantitative estimate of drug-likeness (QED) is 0.818. The molecule has 0 atom stereocenters. The number of hydrogen-bond donors (Lipinski definition) is 2. The molecule has 120 valence electrons. The summed E-state index contributed by atoms with van der Waals surface area (Å²) in [6.07, 6.45) is 0.942. The molecule has 0 fully saturated rings. The Kier molecular flexibility index (Phi) is 4.90. The standard InChI is InChI=1S/C16H22N2O4/c1-16(2,3)15(20)17-8-4-5-14(19)18-11-6-7-12-13(9-11)22-10-21-12/h6-7,9H,4-5,8,10H2,1-3H3,(H,17,20)(H,18,19). The van der Waals surface area contributed by atoms with Gasteiger partial charge in [0.05, 0.1) is 0 Å². The molecular formula is C16H22N2O4. The highest BCUT2D eigenvalue weighted by molar-refractivity contribution is 5.91. The molecule has 1 aromatic carbocycles. The van der Waals surface area contributed by atoms with Crippen molar-refractivity contribution in [3.8, 4) is 11.5 Å². The van der Waals surface area contributed by atoms with Crippen LogP contribution < -0.4 is 20.1 Å². The van der Waals surface area contributed by atoms with E-state index in [1.807, 2.05) is 20.8 Å². The number of carbonyl (C=O) groups is 2. The van der Waals surface area contributed by atoms with Crippen LogP contribution in [0.5, 0.6) is 11.5 Å². The van der Waals surface area contributed by atoms with E-state index in [1.54, 1.807) is 18.2 Å². The summed E-state index contributed by atoms with van der Waals surface area (Å²) in [5, 5.41) is 5.62. The van der Waals surface area contributed by atoms with Gasteiger partial charge in [-0.05, 0) is 18.6 Å². The third-order valence-corrected chi connectivity index (χ3v) is 3.20. The molecule has 0 radical (unpaired) electrons. The van der Waals surface area contributed by atoms with Crippen LogP contribution in [-0.2, 0) is 9.59 Å². The van der Waals surface area contributed by atoms with Crippen LogP contribution >= 0.6 is 0 Å². The SMILES string of the molecule is CC(C)(C)C(=O)NCCCC(=O)Nc1ccc2c(c1)OCO2. The van der Waals surface area contributed by atoms with E-state index in [4.69, 9.17) is 9.47 Å². The second-order valence-electron chi connectivity index (χ2n) is 6.23. The fraction of sp³-hybridized carbons (Fsp3) is 0.500. The molecular weight excluding hydrogens is 284 g/mol. The minimum Gasteiger partial charge on any atom is -0.454 e. The normalized spacial score (nSPS) is 12.9. The average molecular weight is 306 g/mol. The van der Waals surface area contributed by atoms with Crippen molar-refractivity contribution in [1.82, 2.24) is 5.32 Å². The van der Waals surface area contributed by atoms with Gasteiger partial charge in [0.1, 0.15) is 0 Å². The van der Waals surface area contributed by atoms with Gasteiger partial charge in [-0.1, -0.05) is 20.8 Å². The second-order valence-corrected chi connectivity index (χ2v) is 6.23. The first-order chi connectivity index (χ1) is 10.4. The maximum absolute atomic E-state index is 11.9. The molecule has 2 amide bonds. The lowest BCUT2D eigenvalue weighted by atomic mass is 9.96. The van der Waals surface area contributed by atoms with E-state index < -0.39 is 5.41 Å². The van der Waals surface area contributed by atoms with Crippen LogP contribution in [0.4, 0.5) is 5.69 Å². The predicted molar refractivity (Wildman–Crippen MR) is 82.9 cm³/mol. The Balaban J connectivity index is 1.71. The van der Waals surface area contributed by atoms with Gasteiger partial charge >= 0.3 is 0 Å². The zero-order valence-electron chi connectivity index (χ0n) is 13.2. The summed E-state index contributed by atoms with van der Waals surface area (Å²) in [6, 6.07) is 5.27. The van der Waals surface area contributed by atoms with E-state index in [2.05, 4.69) is 10.6 Å². The summed E-state index contributed by atoms with van der Waals surface area (Å²) in [4.78, 5) is 23.5. The molecule has 0 bridgehead atoms. The zero-order valence-corrected chi connectivity index (χ0v) is 13.2. The molecule has 1 aromatic rings. The molecule has 0 saturated heterocycles. The van der Waals surface area contributed by atoms with Crippen molar-refractivity contribution in [3.05, 3.63) is 18.2 Å². The van der Waals surface area contributed by atoms with Crippen molar-refractivity contribution < 1.29 is 19.1 Å². The van der Waals surface area contributed by atoms with Crippen molar-refractivity contribution >= 4 is 17.5 Å². The van der Waals surface area contributed by atoms with Crippen molar-refractivity contribution in [2.24, 2.45) is 5.41 Å². The fourth-order valence-electron chi connectivity index (χ4n) is 1.91.